The largest absolute Gasteiger partial charge is 0.610 e. The number of hydrogen-bond donors (Lipinski definition) is 0. The Morgan fingerprint density at radius 2 is 1.89 bits per heavy atom. The van der Waals surface area contributed by atoms with Crippen molar-refractivity contribution in [1.82, 2.24) is 4.05 Å². The smallest absolute Gasteiger partial charge is 0.306 e. The zero-order valence-electron chi connectivity index (χ0n) is 14.5. The summed E-state index contributed by atoms with van der Waals surface area (Å²) in [6.45, 7) is -0.845. The van der Waals surface area contributed by atoms with Crippen LogP contribution in [0.15, 0.2) is 24.3 Å². The average Bonchev–Trinajstić information content (AvgIpc) is 3.43. The van der Waals surface area contributed by atoms with Crippen molar-refractivity contribution >= 4 is 49.7 Å². The number of fused-ring (bicyclic) bond motifs is 1. The molecular formula is C17H14F3IN2O4S. The minimum Gasteiger partial charge on any atom is -0.610 e. The van der Waals surface area contributed by atoms with Gasteiger partial charge in [0.05, 0.1) is 12.8 Å². The first kappa shape index (κ1) is 19.7. The van der Waals surface area contributed by atoms with Crippen molar-refractivity contribution in [2.24, 2.45) is 0 Å². The second-order valence-electron chi connectivity index (χ2n) is 6.62. The number of methoxy groups -OCH3 is 1. The van der Waals surface area contributed by atoms with Gasteiger partial charge in [0.25, 0.3) is 0 Å². The molecule has 0 N–H and O–H groups in total. The number of anilines is 2. The van der Waals surface area contributed by atoms with E-state index < -0.39 is 60.6 Å². The van der Waals surface area contributed by atoms with Gasteiger partial charge in [0.1, 0.15) is 11.1 Å². The number of hydrogen-bond acceptors (Lipinski definition) is 5. The van der Waals surface area contributed by atoms with Crippen LogP contribution in [0.25, 0.3) is 0 Å². The van der Waals surface area contributed by atoms with Crippen LogP contribution in [-0.2, 0) is 10.0 Å². The van der Waals surface area contributed by atoms with Crippen LogP contribution >= 0.6 is 22.6 Å². The van der Waals surface area contributed by atoms with Crippen molar-refractivity contribution in [3.8, 4) is 5.75 Å². The SMILES string of the molecule is COc1cc(F)c(F)c2c1[N+]([O-])(S(=O)(=O)C1CC1)CN2c1ccc(I)cc1F. The predicted molar refractivity (Wildman–Crippen MR) is 106 cm³/mol. The highest BCUT2D eigenvalue weighted by Gasteiger charge is 2.56. The molecule has 2 aromatic rings. The molecule has 0 spiro atoms. The zero-order valence-corrected chi connectivity index (χ0v) is 17.4. The first-order chi connectivity index (χ1) is 13.1. The molecule has 6 nitrogen and oxygen atoms in total. The summed E-state index contributed by atoms with van der Waals surface area (Å²) in [4.78, 5) is 0.870. The molecule has 2 aliphatic rings. The minimum absolute atomic E-state index is 0.227. The molecule has 2 aromatic carbocycles. The Hall–Kier alpha value is -1.57. The van der Waals surface area contributed by atoms with Crippen LogP contribution in [-0.4, -0.2) is 27.4 Å². The van der Waals surface area contributed by atoms with E-state index in [1.165, 1.54) is 12.1 Å². The first-order valence-electron chi connectivity index (χ1n) is 8.24. The fraction of sp³-hybridized carbons (Fsp3) is 0.294. The van der Waals surface area contributed by atoms with Crippen molar-refractivity contribution in [2.75, 3.05) is 18.7 Å². The third kappa shape index (κ3) is 2.70. The van der Waals surface area contributed by atoms with Gasteiger partial charge in [0.15, 0.2) is 29.7 Å². The molecule has 11 heteroatoms. The average molecular weight is 526 g/mol. The Morgan fingerprint density at radius 3 is 2.46 bits per heavy atom. The number of rotatable bonds is 4. The summed E-state index contributed by atoms with van der Waals surface area (Å²) in [5, 5.41) is 12.8. The Balaban J connectivity index is 2.03. The number of hydroxylamine groups is 1. The second kappa shape index (κ2) is 6.47. The van der Waals surface area contributed by atoms with Gasteiger partial charge < -0.3 is 9.94 Å². The van der Waals surface area contributed by atoms with Crippen molar-refractivity contribution < 1.29 is 26.3 Å². The summed E-state index contributed by atoms with van der Waals surface area (Å²) in [6.07, 6.45) is 0.619. The lowest BCUT2D eigenvalue weighted by Gasteiger charge is -2.36. The normalized spacial score (nSPS) is 21.7. The van der Waals surface area contributed by atoms with E-state index >= 15 is 0 Å². The Bertz CT molecular complexity index is 1090. The number of benzene rings is 2. The van der Waals surface area contributed by atoms with E-state index in [-0.39, 0.29) is 5.69 Å². The Labute approximate surface area is 172 Å². The number of nitrogens with zero attached hydrogens (tertiary/aromatic N) is 2. The van der Waals surface area contributed by atoms with Gasteiger partial charge in [-0.05, 0) is 53.6 Å². The highest BCUT2D eigenvalue weighted by Crippen LogP contribution is 2.55. The molecule has 28 heavy (non-hydrogen) atoms. The third-order valence-corrected chi connectivity index (χ3v) is 7.95. The lowest BCUT2D eigenvalue weighted by atomic mass is 10.2. The highest BCUT2D eigenvalue weighted by molar-refractivity contribution is 14.1. The number of quaternary nitrogens is 1. The van der Waals surface area contributed by atoms with E-state index in [0.717, 1.165) is 18.1 Å². The molecule has 1 fully saturated rings. The van der Waals surface area contributed by atoms with Crippen molar-refractivity contribution in [3.05, 3.63) is 50.5 Å². The van der Waals surface area contributed by atoms with Crippen LogP contribution in [0.2, 0.25) is 0 Å². The van der Waals surface area contributed by atoms with Gasteiger partial charge in [-0.25, -0.2) is 13.2 Å². The molecule has 1 unspecified atom stereocenters. The topological polar surface area (TPSA) is 69.7 Å². The van der Waals surface area contributed by atoms with Gasteiger partial charge in [-0.15, -0.1) is 0 Å². The standard InChI is InChI=1S/C17H14F3IN2O4S/c1-27-14-7-12(19)15(20)16-17(14)23(24,28(25,26)10-3-4-10)8-22(16)13-5-2-9(21)6-11(13)18/h2,5-7,10H,3-4,8H2,1H3. The summed E-state index contributed by atoms with van der Waals surface area (Å²) < 4.78 is 73.0. The summed E-state index contributed by atoms with van der Waals surface area (Å²) in [6, 6.07) is 4.59. The maximum Gasteiger partial charge on any atom is 0.306 e. The lowest BCUT2D eigenvalue weighted by Crippen LogP contribution is -2.51. The Morgan fingerprint density at radius 1 is 1.21 bits per heavy atom. The lowest BCUT2D eigenvalue weighted by molar-refractivity contribution is 0.399. The molecule has 1 aliphatic carbocycles. The molecule has 0 bridgehead atoms. The molecule has 0 amide bonds. The number of ether oxygens (including phenoxy) is 1. The van der Waals surface area contributed by atoms with E-state index in [0.29, 0.717) is 22.5 Å². The van der Waals surface area contributed by atoms with Crippen LogP contribution in [0.3, 0.4) is 0 Å². The zero-order chi connectivity index (χ0) is 20.4. The van der Waals surface area contributed by atoms with Crippen LogP contribution in [0.4, 0.5) is 30.2 Å². The van der Waals surface area contributed by atoms with Gasteiger partial charge in [-0.2, -0.15) is 12.5 Å². The van der Waals surface area contributed by atoms with E-state index in [9.17, 15) is 26.8 Å². The highest BCUT2D eigenvalue weighted by atomic mass is 127. The fourth-order valence-electron chi connectivity index (χ4n) is 3.35. The van der Waals surface area contributed by atoms with E-state index in [1.54, 1.807) is 0 Å². The summed E-state index contributed by atoms with van der Waals surface area (Å²) >= 11 is 1.87. The van der Waals surface area contributed by atoms with Crippen LogP contribution in [0, 0.1) is 26.2 Å². The van der Waals surface area contributed by atoms with Gasteiger partial charge >= 0.3 is 10.0 Å². The molecule has 150 valence electrons. The quantitative estimate of drug-likeness (QED) is 0.341. The number of halogens is 4. The van der Waals surface area contributed by atoms with Crippen molar-refractivity contribution in [2.45, 2.75) is 18.1 Å². The molecular weight excluding hydrogens is 512 g/mol. The number of sulfonamides is 1. The maximum atomic E-state index is 14.8. The van der Waals surface area contributed by atoms with Gasteiger partial charge in [-0.3, -0.25) is 4.90 Å². The van der Waals surface area contributed by atoms with Gasteiger partial charge in [0, 0.05) is 9.64 Å². The molecule has 0 aromatic heterocycles. The molecule has 1 heterocycles. The summed E-state index contributed by atoms with van der Waals surface area (Å²) in [5.74, 6) is -3.96. The van der Waals surface area contributed by atoms with Gasteiger partial charge in [-0.1, -0.05) is 0 Å². The van der Waals surface area contributed by atoms with Crippen LogP contribution in [0.1, 0.15) is 12.8 Å². The van der Waals surface area contributed by atoms with E-state index in [1.807, 2.05) is 22.6 Å². The predicted octanol–water partition coefficient (Wildman–Crippen LogP) is 4.12. The molecule has 1 saturated carbocycles. The van der Waals surface area contributed by atoms with E-state index in [2.05, 4.69) is 0 Å². The first-order valence-corrected chi connectivity index (χ1v) is 10.8. The summed E-state index contributed by atoms with van der Waals surface area (Å²) in [7, 11) is -3.24. The van der Waals surface area contributed by atoms with Gasteiger partial charge in [0.2, 0.25) is 5.69 Å². The van der Waals surface area contributed by atoms with Crippen molar-refractivity contribution in [1.29, 1.82) is 0 Å². The minimum atomic E-state index is -4.36. The fourth-order valence-corrected chi connectivity index (χ4v) is 5.72. The van der Waals surface area contributed by atoms with Crippen LogP contribution < -0.4 is 13.7 Å². The monoisotopic (exact) mass is 526 g/mol. The molecule has 1 atom stereocenters. The maximum absolute atomic E-state index is 14.8. The molecule has 0 saturated heterocycles. The summed E-state index contributed by atoms with van der Waals surface area (Å²) in [5.41, 5.74) is -1.43. The molecule has 0 radical (unpaired) electrons. The van der Waals surface area contributed by atoms with Crippen molar-refractivity contribution in [3.63, 3.8) is 0 Å². The molecule has 4 rings (SSSR count). The van der Waals surface area contributed by atoms with Crippen LogP contribution in [0.5, 0.6) is 5.75 Å². The molecule has 1 aliphatic heterocycles. The third-order valence-electron chi connectivity index (χ3n) is 4.85. The Kier molecular flexibility index (Phi) is 4.56. The van der Waals surface area contributed by atoms with E-state index in [4.69, 9.17) is 4.74 Å². The second-order valence-corrected chi connectivity index (χ2v) is 10.2.